The van der Waals surface area contributed by atoms with E-state index in [1.54, 1.807) is 24.3 Å². The van der Waals surface area contributed by atoms with Gasteiger partial charge in [-0.05, 0) is 63.5 Å². The Morgan fingerprint density at radius 2 is 1.14 bits per heavy atom. The molecule has 1 aromatic carbocycles. The van der Waals surface area contributed by atoms with E-state index in [0.29, 0.717) is 23.1 Å². The van der Waals surface area contributed by atoms with Crippen molar-refractivity contribution in [1.29, 1.82) is 0 Å². The smallest absolute Gasteiger partial charge is 0.414 e. The van der Waals surface area contributed by atoms with Crippen LogP contribution in [0.4, 0.5) is 0 Å². The summed E-state index contributed by atoms with van der Waals surface area (Å²) in [5.74, 6) is -7.24. The van der Waals surface area contributed by atoms with Gasteiger partial charge in [-0.1, -0.05) is 45.9 Å². The predicted molar refractivity (Wildman–Crippen MR) is 161 cm³/mol. The van der Waals surface area contributed by atoms with Crippen molar-refractivity contribution in [3.05, 3.63) is 30.3 Å². The van der Waals surface area contributed by atoms with Gasteiger partial charge in [-0.3, -0.25) is 0 Å². The van der Waals surface area contributed by atoms with Crippen molar-refractivity contribution in [1.82, 2.24) is 20.0 Å². The standard InChI is InChI=1S/C22H40N4O2S2.2C2H2O4/c1-5-24(6-2)16-12-15-23-22(29)26(18-17-25(7-3)8-4)19-20-30(27,28)21-13-10-9-11-14-21;2*3-1(4)2(5)6/h9-11,13-14H,5-8,12,15-20H2,1-4H3,(H,23,29);2*(H,3,4)(H,5,6). The lowest BCUT2D eigenvalue weighted by atomic mass is 10.3. The fourth-order valence-corrected chi connectivity index (χ4v) is 4.80. The zero-order valence-electron chi connectivity index (χ0n) is 24.6. The van der Waals surface area contributed by atoms with Crippen molar-refractivity contribution in [3.8, 4) is 0 Å². The molecule has 0 amide bonds. The minimum Gasteiger partial charge on any atom is -0.473 e. The molecular weight excluding hydrogens is 592 g/mol. The zero-order chi connectivity index (χ0) is 32.7. The van der Waals surface area contributed by atoms with Crippen LogP contribution in [0, 0.1) is 0 Å². The number of carbonyl (C=O) groups is 4. The molecule has 0 saturated heterocycles. The highest BCUT2D eigenvalue weighted by Gasteiger charge is 2.18. The molecule has 0 unspecified atom stereocenters. The minimum atomic E-state index is -3.33. The average Bonchev–Trinajstić information content (AvgIpc) is 2.96. The van der Waals surface area contributed by atoms with Gasteiger partial charge in [0.05, 0.1) is 10.6 Å². The van der Waals surface area contributed by atoms with E-state index < -0.39 is 33.7 Å². The number of sulfone groups is 1. The number of hydrogen-bond donors (Lipinski definition) is 5. The molecule has 16 heteroatoms. The summed E-state index contributed by atoms with van der Waals surface area (Å²) in [6.45, 7) is 16.4. The highest BCUT2D eigenvalue weighted by Crippen LogP contribution is 2.10. The van der Waals surface area contributed by atoms with Crippen LogP contribution in [0.25, 0.3) is 0 Å². The Bertz CT molecular complexity index is 1020. The number of nitrogens with zero attached hydrogens (tertiary/aromatic N) is 3. The van der Waals surface area contributed by atoms with Gasteiger partial charge in [0, 0.05) is 26.2 Å². The Hall–Kier alpha value is -3.34. The van der Waals surface area contributed by atoms with Gasteiger partial charge in [0.15, 0.2) is 14.9 Å². The molecule has 1 rings (SSSR count). The first-order chi connectivity index (χ1) is 19.7. The lowest BCUT2D eigenvalue weighted by Crippen LogP contribution is -2.46. The van der Waals surface area contributed by atoms with Crippen LogP contribution in [-0.4, -0.2) is 137 Å². The molecule has 0 aliphatic heterocycles. The molecule has 0 atom stereocenters. The molecule has 240 valence electrons. The van der Waals surface area contributed by atoms with Crippen molar-refractivity contribution >= 4 is 51.0 Å². The molecule has 0 aliphatic rings. The summed E-state index contributed by atoms with van der Waals surface area (Å²) in [6, 6.07) is 8.64. The number of rotatable bonds is 15. The average molecular weight is 637 g/mol. The number of carboxylic acids is 4. The maximum atomic E-state index is 12.7. The summed E-state index contributed by atoms with van der Waals surface area (Å²) in [4.78, 5) is 43.5. The number of thiocarbonyl (C=S) groups is 1. The lowest BCUT2D eigenvalue weighted by molar-refractivity contribution is -0.159. The van der Waals surface area contributed by atoms with E-state index in [2.05, 4.69) is 42.8 Å². The van der Waals surface area contributed by atoms with Gasteiger partial charge in [0.1, 0.15) is 0 Å². The second-order valence-electron chi connectivity index (χ2n) is 8.48. The maximum Gasteiger partial charge on any atom is 0.414 e. The molecule has 14 nitrogen and oxygen atoms in total. The number of hydrogen-bond acceptors (Lipinski definition) is 9. The van der Waals surface area contributed by atoms with Crippen LogP contribution in [-0.2, 0) is 29.0 Å². The summed E-state index contributed by atoms with van der Waals surface area (Å²) < 4.78 is 25.4. The number of aliphatic carboxylic acids is 4. The minimum absolute atomic E-state index is 0.0521. The van der Waals surface area contributed by atoms with Crippen LogP contribution < -0.4 is 5.32 Å². The van der Waals surface area contributed by atoms with E-state index in [0.717, 1.165) is 52.2 Å². The zero-order valence-corrected chi connectivity index (χ0v) is 26.2. The van der Waals surface area contributed by atoms with Crippen molar-refractivity contribution < 1.29 is 48.0 Å². The molecule has 0 heterocycles. The maximum absolute atomic E-state index is 12.7. The first-order valence-corrected chi connectivity index (χ1v) is 15.4. The van der Waals surface area contributed by atoms with Crippen LogP contribution in [0.1, 0.15) is 34.1 Å². The first-order valence-electron chi connectivity index (χ1n) is 13.3. The fourth-order valence-electron chi connectivity index (χ4n) is 3.24. The predicted octanol–water partition coefficient (Wildman–Crippen LogP) is 1.02. The number of likely N-dealkylation sites (N-methyl/N-ethyl adjacent to an activating group) is 1. The second kappa shape index (κ2) is 23.2. The molecule has 5 N–H and O–H groups in total. The number of nitrogens with one attached hydrogen (secondary N) is 1. The molecule has 0 aliphatic carbocycles. The molecule has 0 bridgehead atoms. The van der Waals surface area contributed by atoms with Crippen LogP contribution in [0.2, 0.25) is 0 Å². The molecule has 0 radical (unpaired) electrons. The van der Waals surface area contributed by atoms with Crippen LogP contribution in [0.15, 0.2) is 35.2 Å². The van der Waals surface area contributed by atoms with Gasteiger partial charge in [-0.2, -0.15) is 0 Å². The Labute approximate surface area is 252 Å². The summed E-state index contributed by atoms with van der Waals surface area (Å²) in [7, 11) is -3.33. The summed E-state index contributed by atoms with van der Waals surface area (Å²) >= 11 is 5.63. The topological polar surface area (TPSA) is 205 Å². The van der Waals surface area contributed by atoms with Crippen LogP contribution >= 0.6 is 12.2 Å². The van der Waals surface area contributed by atoms with E-state index in [-0.39, 0.29) is 5.75 Å². The van der Waals surface area contributed by atoms with Gasteiger partial charge >= 0.3 is 23.9 Å². The highest BCUT2D eigenvalue weighted by atomic mass is 32.2. The SMILES string of the molecule is CCN(CC)CCCNC(=S)N(CCN(CC)CC)CCS(=O)(=O)c1ccccc1.O=C(O)C(=O)O.O=C(O)C(=O)O. The highest BCUT2D eigenvalue weighted by molar-refractivity contribution is 7.91. The van der Waals surface area contributed by atoms with Gasteiger partial charge in [0.2, 0.25) is 0 Å². The molecule has 0 aromatic heterocycles. The second-order valence-corrected chi connectivity index (χ2v) is 11.0. The summed E-state index contributed by atoms with van der Waals surface area (Å²) in [5.41, 5.74) is 0. The normalized spacial score (nSPS) is 10.5. The van der Waals surface area contributed by atoms with Crippen molar-refractivity contribution in [2.45, 2.75) is 39.0 Å². The Kier molecular flexibility index (Phi) is 22.6. The van der Waals surface area contributed by atoms with E-state index >= 15 is 0 Å². The Morgan fingerprint density at radius 1 is 0.714 bits per heavy atom. The number of benzene rings is 1. The van der Waals surface area contributed by atoms with Gasteiger partial charge in [0.25, 0.3) is 0 Å². The molecule has 1 aromatic rings. The van der Waals surface area contributed by atoms with E-state index in [1.807, 2.05) is 11.0 Å². The third kappa shape index (κ3) is 19.7. The number of carboxylic acid groups (broad SMARTS) is 4. The summed E-state index contributed by atoms with van der Waals surface area (Å²) in [6.07, 6.45) is 1.01. The van der Waals surface area contributed by atoms with Crippen molar-refractivity contribution in [3.63, 3.8) is 0 Å². The third-order valence-electron chi connectivity index (χ3n) is 5.79. The largest absolute Gasteiger partial charge is 0.473 e. The first kappa shape index (κ1) is 40.8. The quantitative estimate of drug-likeness (QED) is 0.104. The molecule has 0 saturated carbocycles. The third-order valence-corrected chi connectivity index (χ3v) is 7.90. The fraction of sp³-hybridized carbons (Fsp3) is 0.577. The van der Waals surface area contributed by atoms with E-state index in [1.165, 1.54) is 0 Å². The van der Waals surface area contributed by atoms with Gasteiger partial charge in [-0.25, -0.2) is 27.6 Å². The molecule has 0 fully saturated rings. The summed E-state index contributed by atoms with van der Waals surface area (Å²) in [5, 5.41) is 33.5. The Morgan fingerprint density at radius 3 is 1.55 bits per heavy atom. The van der Waals surface area contributed by atoms with Gasteiger partial charge < -0.3 is 40.4 Å². The van der Waals surface area contributed by atoms with E-state index in [9.17, 15) is 8.42 Å². The monoisotopic (exact) mass is 636 g/mol. The van der Waals surface area contributed by atoms with Crippen molar-refractivity contribution in [2.24, 2.45) is 0 Å². The molecule has 42 heavy (non-hydrogen) atoms. The van der Waals surface area contributed by atoms with Gasteiger partial charge in [-0.15, -0.1) is 0 Å². The Balaban J connectivity index is 0. The van der Waals surface area contributed by atoms with Crippen LogP contribution in [0.5, 0.6) is 0 Å². The lowest BCUT2D eigenvalue weighted by Gasteiger charge is -2.29. The van der Waals surface area contributed by atoms with Crippen molar-refractivity contribution in [2.75, 3.05) is 64.7 Å². The van der Waals surface area contributed by atoms with E-state index in [4.69, 9.17) is 51.8 Å². The molecular formula is C26H44N4O10S2. The molecule has 0 spiro atoms. The van der Waals surface area contributed by atoms with Crippen LogP contribution in [0.3, 0.4) is 0 Å².